The molecule has 1 atom stereocenters. The molecule has 0 radical (unpaired) electrons. The largest absolute Gasteiger partial charge is 0.392 e. The number of hydrogen-bond acceptors (Lipinski definition) is 2. The van der Waals surface area contributed by atoms with Gasteiger partial charge in [0.15, 0.2) is 0 Å². The van der Waals surface area contributed by atoms with Crippen LogP contribution in [0.25, 0.3) is 0 Å². The van der Waals surface area contributed by atoms with Gasteiger partial charge in [-0.2, -0.15) is 0 Å². The second kappa shape index (κ2) is 5.65. The number of thiophene rings is 1. The summed E-state index contributed by atoms with van der Waals surface area (Å²) in [5.41, 5.74) is 0. The highest BCUT2D eigenvalue weighted by Crippen LogP contribution is 2.32. The van der Waals surface area contributed by atoms with Crippen molar-refractivity contribution in [3.05, 3.63) is 20.8 Å². The Morgan fingerprint density at radius 1 is 1.38 bits per heavy atom. The summed E-state index contributed by atoms with van der Waals surface area (Å²) in [5, 5.41) is 10.2. The molecule has 0 aromatic carbocycles. The lowest BCUT2D eigenvalue weighted by atomic mass is 9.79. The van der Waals surface area contributed by atoms with Crippen molar-refractivity contribution in [2.45, 2.75) is 45.1 Å². The third-order valence-corrected chi connectivity index (χ3v) is 5.29. The topological polar surface area (TPSA) is 20.2 Å². The second-order valence-corrected chi connectivity index (χ2v) is 7.54. The third-order valence-electron chi connectivity index (χ3n) is 3.64. The predicted octanol–water partition coefficient (Wildman–Crippen LogP) is 4.24. The molecule has 0 amide bonds. The van der Waals surface area contributed by atoms with Crippen LogP contribution in [-0.2, 0) is 6.42 Å². The zero-order valence-electron chi connectivity index (χ0n) is 9.66. The lowest BCUT2D eigenvalue weighted by molar-refractivity contribution is 0.0767. The summed E-state index contributed by atoms with van der Waals surface area (Å²) in [6, 6.07) is 4.18. The van der Waals surface area contributed by atoms with E-state index in [1.54, 1.807) is 11.3 Å². The minimum Gasteiger partial charge on any atom is -0.392 e. The highest BCUT2D eigenvalue weighted by molar-refractivity contribution is 9.11. The van der Waals surface area contributed by atoms with Crippen molar-refractivity contribution in [2.75, 3.05) is 0 Å². The Hall–Kier alpha value is 0.140. The van der Waals surface area contributed by atoms with Gasteiger partial charge < -0.3 is 5.11 Å². The fourth-order valence-corrected chi connectivity index (χ4v) is 4.04. The molecule has 1 saturated carbocycles. The lowest BCUT2D eigenvalue weighted by Gasteiger charge is -2.29. The first-order valence-electron chi connectivity index (χ1n) is 6.07. The molecule has 0 aliphatic heterocycles. The molecule has 1 aromatic rings. The predicted molar refractivity (Wildman–Crippen MR) is 72.9 cm³/mol. The Morgan fingerprint density at radius 2 is 2.06 bits per heavy atom. The number of hydrogen-bond donors (Lipinski definition) is 1. The van der Waals surface area contributed by atoms with E-state index < -0.39 is 0 Å². The van der Waals surface area contributed by atoms with Crippen molar-refractivity contribution >= 4 is 27.3 Å². The molecule has 16 heavy (non-hydrogen) atoms. The van der Waals surface area contributed by atoms with Gasteiger partial charge in [0.25, 0.3) is 0 Å². The average molecular weight is 303 g/mol. The number of aliphatic hydroxyl groups is 1. The quantitative estimate of drug-likeness (QED) is 0.885. The minimum atomic E-state index is -0.141. The molecule has 1 unspecified atom stereocenters. The molecular formula is C13H19BrOS. The van der Waals surface area contributed by atoms with Gasteiger partial charge in [-0.3, -0.25) is 0 Å². The summed E-state index contributed by atoms with van der Waals surface area (Å²) in [7, 11) is 0. The van der Waals surface area contributed by atoms with E-state index in [9.17, 15) is 5.11 Å². The molecule has 90 valence electrons. The number of rotatable bonds is 3. The summed E-state index contributed by atoms with van der Waals surface area (Å²) >= 11 is 5.20. The molecular weight excluding hydrogens is 284 g/mol. The number of halogens is 1. The normalized spacial score (nSPS) is 27.9. The highest BCUT2D eigenvalue weighted by Gasteiger charge is 2.24. The molecule has 0 spiro atoms. The van der Waals surface area contributed by atoms with Crippen molar-refractivity contribution in [3.63, 3.8) is 0 Å². The van der Waals surface area contributed by atoms with E-state index in [4.69, 9.17) is 0 Å². The Balaban J connectivity index is 1.85. The second-order valence-electron chi connectivity index (χ2n) is 5.00. The summed E-state index contributed by atoms with van der Waals surface area (Å²) in [6.45, 7) is 2.32. The van der Waals surface area contributed by atoms with Crippen LogP contribution in [0, 0.1) is 11.8 Å². The highest BCUT2D eigenvalue weighted by atomic mass is 79.9. The summed E-state index contributed by atoms with van der Waals surface area (Å²) in [4.78, 5) is 1.29. The maximum Gasteiger partial charge on any atom is 0.0701 e. The van der Waals surface area contributed by atoms with Crippen molar-refractivity contribution in [1.29, 1.82) is 0 Å². The zero-order valence-corrected chi connectivity index (χ0v) is 12.1. The van der Waals surface area contributed by atoms with E-state index >= 15 is 0 Å². The van der Waals surface area contributed by atoms with Crippen LogP contribution in [0.4, 0.5) is 0 Å². The standard InChI is InChI=1S/C13H19BrOS/c1-9-2-4-10(5-3-9)12(15)8-11-6-7-13(14)16-11/h6-7,9-10,12,15H,2-5,8H2,1H3. The van der Waals surface area contributed by atoms with E-state index in [2.05, 4.69) is 35.0 Å². The molecule has 1 fully saturated rings. The summed E-state index contributed by atoms with van der Waals surface area (Å²) in [5.74, 6) is 1.39. The first-order valence-corrected chi connectivity index (χ1v) is 7.68. The van der Waals surface area contributed by atoms with E-state index in [1.165, 1.54) is 30.6 Å². The van der Waals surface area contributed by atoms with Gasteiger partial charge in [-0.05, 0) is 52.7 Å². The van der Waals surface area contributed by atoms with Crippen LogP contribution in [0.3, 0.4) is 0 Å². The molecule has 1 N–H and O–H groups in total. The fourth-order valence-electron chi connectivity index (χ4n) is 2.50. The Bertz CT molecular complexity index is 328. The monoisotopic (exact) mass is 302 g/mol. The first kappa shape index (κ1) is 12.6. The van der Waals surface area contributed by atoms with Crippen LogP contribution < -0.4 is 0 Å². The van der Waals surface area contributed by atoms with E-state index in [0.717, 1.165) is 16.1 Å². The van der Waals surface area contributed by atoms with Gasteiger partial charge in [0.05, 0.1) is 9.89 Å². The smallest absolute Gasteiger partial charge is 0.0701 e. The molecule has 1 aliphatic rings. The average Bonchev–Trinajstić information content (AvgIpc) is 2.65. The van der Waals surface area contributed by atoms with Gasteiger partial charge >= 0.3 is 0 Å². The number of aliphatic hydroxyl groups excluding tert-OH is 1. The van der Waals surface area contributed by atoms with Crippen LogP contribution in [0.2, 0.25) is 0 Å². The van der Waals surface area contributed by atoms with Crippen LogP contribution in [0.1, 0.15) is 37.5 Å². The lowest BCUT2D eigenvalue weighted by Crippen LogP contribution is -2.26. The minimum absolute atomic E-state index is 0.141. The van der Waals surface area contributed by atoms with Gasteiger partial charge in [-0.15, -0.1) is 11.3 Å². The van der Waals surface area contributed by atoms with Crippen LogP contribution in [0.5, 0.6) is 0 Å². The Morgan fingerprint density at radius 3 is 2.62 bits per heavy atom. The van der Waals surface area contributed by atoms with Gasteiger partial charge in [0, 0.05) is 11.3 Å². The maximum atomic E-state index is 10.2. The SMILES string of the molecule is CC1CCC(C(O)Cc2ccc(Br)s2)CC1. The molecule has 1 aromatic heterocycles. The van der Waals surface area contributed by atoms with Gasteiger partial charge in [-0.1, -0.05) is 19.8 Å². The third kappa shape index (κ3) is 3.31. The Kier molecular flexibility index (Phi) is 4.45. The molecule has 2 rings (SSSR count). The molecule has 1 nitrogen and oxygen atoms in total. The van der Waals surface area contributed by atoms with Crippen molar-refractivity contribution in [3.8, 4) is 0 Å². The van der Waals surface area contributed by atoms with E-state index in [1.807, 2.05) is 0 Å². The van der Waals surface area contributed by atoms with Crippen LogP contribution in [0.15, 0.2) is 15.9 Å². The maximum absolute atomic E-state index is 10.2. The van der Waals surface area contributed by atoms with Crippen LogP contribution in [-0.4, -0.2) is 11.2 Å². The van der Waals surface area contributed by atoms with E-state index in [0.29, 0.717) is 5.92 Å². The van der Waals surface area contributed by atoms with Gasteiger partial charge in [0.2, 0.25) is 0 Å². The Labute approximate surface area is 110 Å². The van der Waals surface area contributed by atoms with Crippen molar-refractivity contribution in [2.24, 2.45) is 11.8 Å². The fraction of sp³-hybridized carbons (Fsp3) is 0.692. The van der Waals surface area contributed by atoms with Gasteiger partial charge in [-0.25, -0.2) is 0 Å². The van der Waals surface area contributed by atoms with Crippen LogP contribution >= 0.6 is 27.3 Å². The summed E-state index contributed by atoms with van der Waals surface area (Å²) in [6.07, 6.45) is 5.67. The molecule has 0 saturated heterocycles. The zero-order chi connectivity index (χ0) is 11.5. The van der Waals surface area contributed by atoms with E-state index in [-0.39, 0.29) is 6.10 Å². The van der Waals surface area contributed by atoms with Gasteiger partial charge in [0.1, 0.15) is 0 Å². The molecule has 1 heterocycles. The summed E-state index contributed by atoms with van der Waals surface area (Å²) < 4.78 is 1.16. The van der Waals surface area contributed by atoms with Crippen molar-refractivity contribution < 1.29 is 5.11 Å². The molecule has 0 bridgehead atoms. The molecule has 1 aliphatic carbocycles. The first-order chi connectivity index (χ1) is 7.65. The van der Waals surface area contributed by atoms with Crippen molar-refractivity contribution in [1.82, 2.24) is 0 Å². The molecule has 3 heteroatoms.